The monoisotopic (exact) mass is 465 g/mol. The SMILES string of the molecule is CCCCc1ccc(C(=O)COC(=O)c2cc(OC)c(OC)cc2NC(=O)c2ccco2)cc1. The lowest BCUT2D eigenvalue weighted by molar-refractivity contribution is 0.0475. The van der Waals surface area contributed by atoms with Crippen LogP contribution in [0.1, 0.15) is 56.6 Å². The highest BCUT2D eigenvalue weighted by Crippen LogP contribution is 2.34. The number of carbonyl (C=O) groups excluding carboxylic acids is 3. The molecule has 8 heteroatoms. The summed E-state index contributed by atoms with van der Waals surface area (Å²) in [4.78, 5) is 37.9. The fraction of sp³-hybridized carbons (Fsp3) is 0.269. The van der Waals surface area contributed by atoms with Gasteiger partial charge >= 0.3 is 5.97 Å². The molecule has 178 valence electrons. The van der Waals surface area contributed by atoms with Gasteiger partial charge in [0.05, 0.1) is 31.7 Å². The van der Waals surface area contributed by atoms with Gasteiger partial charge in [-0.1, -0.05) is 37.6 Å². The molecule has 0 aliphatic rings. The van der Waals surface area contributed by atoms with Crippen LogP contribution >= 0.6 is 0 Å². The molecule has 34 heavy (non-hydrogen) atoms. The van der Waals surface area contributed by atoms with Crippen LogP contribution in [0.3, 0.4) is 0 Å². The van der Waals surface area contributed by atoms with Crippen molar-refractivity contribution in [2.24, 2.45) is 0 Å². The minimum absolute atomic E-state index is 0.000250. The number of amides is 1. The van der Waals surface area contributed by atoms with Crippen molar-refractivity contribution in [2.75, 3.05) is 26.1 Å². The standard InChI is InChI=1S/C26H27NO7/c1-4-5-7-17-9-11-18(12-10-17)21(28)16-34-26(30)19-14-23(31-2)24(32-3)15-20(19)27-25(29)22-8-6-13-33-22/h6,8-15H,4-5,7,16H2,1-3H3,(H,27,29). The molecule has 1 N–H and O–H groups in total. The smallest absolute Gasteiger partial charge is 0.340 e. The van der Waals surface area contributed by atoms with E-state index in [1.54, 1.807) is 18.2 Å². The van der Waals surface area contributed by atoms with Gasteiger partial charge in [0.15, 0.2) is 29.6 Å². The molecule has 2 aromatic carbocycles. The van der Waals surface area contributed by atoms with Crippen LogP contribution in [0.5, 0.6) is 11.5 Å². The molecule has 1 amide bonds. The van der Waals surface area contributed by atoms with Gasteiger partial charge < -0.3 is 23.9 Å². The Morgan fingerprint density at radius 2 is 1.68 bits per heavy atom. The van der Waals surface area contributed by atoms with E-state index in [-0.39, 0.29) is 28.5 Å². The second-order valence-corrected chi connectivity index (χ2v) is 7.48. The van der Waals surface area contributed by atoms with Gasteiger partial charge in [-0.15, -0.1) is 0 Å². The quantitative estimate of drug-likeness (QED) is 0.316. The Kier molecular flexibility index (Phi) is 8.45. The van der Waals surface area contributed by atoms with E-state index in [1.165, 1.54) is 38.7 Å². The summed E-state index contributed by atoms with van der Waals surface area (Å²) in [6.07, 6.45) is 4.48. The van der Waals surface area contributed by atoms with Gasteiger partial charge in [-0.3, -0.25) is 9.59 Å². The van der Waals surface area contributed by atoms with Crippen molar-refractivity contribution in [3.8, 4) is 11.5 Å². The first-order chi connectivity index (χ1) is 16.5. The van der Waals surface area contributed by atoms with E-state index < -0.39 is 18.5 Å². The maximum absolute atomic E-state index is 12.9. The number of carbonyl (C=O) groups is 3. The van der Waals surface area contributed by atoms with Gasteiger partial charge in [-0.05, 0) is 30.5 Å². The van der Waals surface area contributed by atoms with Gasteiger partial charge in [-0.25, -0.2) is 4.79 Å². The summed E-state index contributed by atoms with van der Waals surface area (Å²) in [5.74, 6) is -1.08. The molecule has 0 spiro atoms. The molecule has 0 fully saturated rings. The topological polar surface area (TPSA) is 104 Å². The number of nitrogens with one attached hydrogen (secondary N) is 1. The van der Waals surface area contributed by atoms with Crippen LogP contribution < -0.4 is 14.8 Å². The van der Waals surface area contributed by atoms with Crippen LogP contribution in [0.4, 0.5) is 5.69 Å². The molecule has 0 bridgehead atoms. The van der Waals surface area contributed by atoms with Crippen molar-refractivity contribution in [1.29, 1.82) is 0 Å². The highest BCUT2D eigenvalue weighted by molar-refractivity contribution is 6.07. The molecule has 0 unspecified atom stereocenters. The fourth-order valence-electron chi connectivity index (χ4n) is 3.27. The molecule has 3 aromatic rings. The number of hydrogen-bond donors (Lipinski definition) is 1. The molecule has 0 aliphatic carbocycles. The summed E-state index contributed by atoms with van der Waals surface area (Å²) in [5.41, 5.74) is 1.72. The average molecular weight is 466 g/mol. The number of ketones is 1. The van der Waals surface area contributed by atoms with E-state index in [1.807, 2.05) is 12.1 Å². The average Bonchev–Trinajstić information content (AvgIpc) is 3.41. The maximum Gasteiger partial charge on any atom is 0.340 e. The van der Waals surface area contributed by atoms with Crippen molar-refractivity contribution < 1.29 is 33.0 Å². The molecule has 0 saturated carbocycles. The van der Waals surface area contributed by atoms with E-state index in [0.29, 0.717) is 11.3 Å². The van der Waals surface area contributed by atoms with Crippen LogP contribution in [0.15, 0.2) is 59.2 Å². The van der Waals surface area contributed by atoms with Gasteiger partial charge in [0.25, 0.3) is 5.91 Å². The van der Waals surface area contributed by atoms with Crippen molar-refractivity contribution in [3.05, 3.63) is 77.2 Å². The number of benzene rings is 2. The predicted molar refractivity (Wildman–Crippen MR) is 126 cm³/mol. The van der Waals surface area contributed by atoms with Crippen LogP contribution in [-0.2, 0) is 11.2 Å². The number of aryl methyl sites for hydroxylation is 1. The number of Topliss-reactive ketones (excluding diaryl/α,β-unsaturated/α-hetero) is 1. The number of unbranched alkanes of at least 4 members (excludes halogenated alkanes) is 1. The third-order valence-corrected chi connectivity index (χ3v) is 5.17. The van der Waals surface area contributed by atoms with E-state index in [9.17, 15) is 14.4 Å². The molecule has 0 aliphatic heterocycles. The van der Waals surface area contributed by atoms with Crippen molar-refractivity contribution >= 4 is 23.3 Å². The third-order valence-electron chi connectivity index (χ3n) is 5.17. The number of methoxy groups -OCH3 is 2. The second-order valence-electron chi connectivity index (χ2n) is 7.48. The van der Waals surface area contributed by atoms with Gasteiger partial charge in [0.1, 0.15) is 0 Å². The number of ether oxygens (including phenoxy) is 3. The van der Waals surface area contributed by atoms with Gasteiger partial charge in [-0.2, -0.15) is 0 Å². The van der Waals surface area contributed by atoms with Gasteiger partial charge in [0, 0.05) is 17.7 Å². The molecular weight excluding hydrogens is 438 g/mol. The van der Waals surface area contributed by atoms with E-state index in [2.05, 4.69) is 12.2 Å². The lowest BCUT2D eigenvalue weighted by atomic mass is 10.0. The molecular formula is C26H27NO7. The zero-order chi connectivity index (χ0) is 24.5. The number of furan rings is 1. The molecule has 1 heterocycles. The summed E-state index contributed by atoms with van der Waals surface area (Å²) >= 11 is 0. The van der Waals surface area contributed by atoms with Crippen LogP contribution in [0, 0.1) is 0 Å². The molecule has 0 saturated heterocycles. The second kappa shape index (κ2) is 11.7. The van der Waals surface area contributed by atoms with Crippen molar-refractivity contribution in [2.45, 2.75) is 26.2 Å². The van der Waals surface area contributed by atoms with E-state index in [0.717, 1.165) is 24.8 Å². The minimum atomic E-state index is -0.802. The molecule has 0 atom stereocenters. The first-order valence-corrected chi connectivity index (χ1v) is 10.9. The summed E-state index contributed by atoms with van der Waals surface area (Å²) in [5, 5.41) is 2.61. The van der Waals surface area contributed by atoms with Crippen LogP contribution in [0.25, 0.3) is 0 Å². The molecule has 1 aromatic heterocycles. The molecule has 0 radical (unpaired) electrons. The summed E-state index contributed by atoms with van der Waals surface area (Å²) < 4.78 is 20.9. The molecule has 3 rings (SSSR count). The highest BCUT2D eigenvalue weighted by atomic mass is 16.5. The van der Waals surface area contributed by atoms with E-state index >= 15 is 0 Å². The zero-order valence-electron chi connectivity index (χ0n) is 19.4. The Morgan fingerprint density at radius 3 is 2.29 bits per heavy atom. The lowest BCUT2D eigenvalue weighted by Gasteiger charge is -2.15. The number of rotatable bonds is 11. The Bertz CT molecular complexity index is 1130. The summed E-state index contributed by atoms with van der Waals surface area (Å²) in [7, 11) is 2.85. The maximum atomic E-state index is 12.9. The van der Waals surface area contributed by atoms with Crippen molar-refractivity contribution in [1.82, 2.24) is 0 Å². The highest BCUT2D eigenvalue weighted by Gasteiger charge is 2.22. The first-order valence-electron chi connectivity index (χ1n) is 10.9. The lowest BCUT2D eigenvalue weighted by Crippen LogP contribution is -2.18. The number of hydrogen-bond acceptors (Lipinski definition) is 7. The minimum Gasteiger partial charge on any atom is -0.493 e. The van der Waals surface area contributed by atoms with Crippen molar-refractivity contribution in [3.63, 3.8) is 0 Å². The Morgan fingerprint density at radius 1 is 0.971 bits per heavy atom. The fourth-order valence-corrected chi connectivity index (χ4v) is 3.27. The number of esters is 1. The number of anilines is 1. The Hall–Kier alpha value is -4.07. The Labute approximate surface area is 197 Å². The van der Waals surface area contributed by atoms with Gasteiger partial charge in [0.2, 0.25) is 0 Å². The largest absolute Gasteiger partial charge is 0.493 e. The van der Waals surface area contributed by atoms with Crippen LogP contribution in [-0.4, -0.2) is 38.5 Å². The Balaban J connectivity index is 1.75. The molecule has 8 nitrogen and oxygen atoms in total. The third kappa shape index (κ3) is 6.04. The van der Waals surface area contributed by atoms with E-state index in [4.69, 9.17) is 18.6 Å². The first kappa shape index (κ1) is 24.6. The van der Waals surface area contributed by atoms with Crippen LogP contribution in [0.2, 0.25) is 0 Å². The summed E-state index contributed by atoms with van der Waals surface area (Å²) in [6.45, 7) is 1.67. The normalized spacial score (nSPS) is 10.4. The zero-order valence-corrected chi connectivity index (χ0v) is 19.4. The summed E-state index contributed by atoms with van der Waals surface area (Å²) in [6, 6.07) is 13.1. The predicted octanol–water partition coefficient (Wildman–Crippen LogP) is 4.93.